The van der Waals surface area contributed by atoms with Crippen molar-refractivity contribution in [2.75, 3.05) is 14.1 Å². The molecule has 14 heavy (non-hydrogen) atoms. The van der Waals surface area contributed by atoms with Crippen LogP contribution in [0.3, 0.4) is 0 Å². The molecule has 1 aliphatic rings. The lowest BCUT2D eigenvalue weighted by Gasteiger charge is -2.36. The molecule has 1 aliphatic heterocycles. The van der Waals surface area contributed by atoms with Gasteiger partial charge in [0, 0.05) is 14.1 Å². The molecule has 0 N–H and O–H groups in total. The van der Waals surface area contributed by atoms with Crippen molar-refractivity contribution in [1.29, 1.82) is 0 Å². The van der Waals surface area contributed by atoms with Gasteiger partial charge in [-0.2, -0.15) is 0 Å². The molecule has 1 fully saturated rings. The van der Waals surface area contributed by atoms with Crippen LogP contribution < -0.4 is 0 Å². The first kappa shape index (κ1) is 10.4. The van der Waals surface area contributed by atoms with Gasteiger partial charge >= 0.3 is 6.03 Å². The minimum Gasteiger partial charge on any atom is -0.302 e. The Kier molecular flexibility index (Phi) is 2.15. The normalized spacial score (nSPS) is 21.5. The highest BCUT2D eigenvalue weighted by molar-refractivity contribution is 6.25. The predicted octanol–water partition coefficient (Wildman–Crippen LogP) is -0.758. The SMILES string of the molecule is CN1C(=O)N(C)C(=O)C(C)(C=O)C1=O. The molecule has 0 aliphatic carbocycles. The largest absolute Gasteiger partial charge is 0.332 e. The van der Waals surface area contributed by atoms with Gasteiger partial charge in [-0.3, -0.25) is 19.4 Å². The summed E-state index contributed by atoms with van der Waals surface area (Å²) >= 11 is 0. The third-order valence-corrected chi connectivity index (χ3v) is 2.31. The maximum Gasteiger partial charge on any atom is 0.332 e. The summed E-state index contributed by atoms with van der Waals surface area (Å²) in [5.74, 6) is -1.58. The standard InChI is InChI=1S/C8H10N2O4/c1-8(4-11)5(12)9(2)7(14)10(3)6(8)13/h4H,1-3H3. The van der Waals surface area contributed by atoms with Crippen LogP contribution in [0.15, 0.2) is 0 Å². The molecule has 0 spiro atoms. The van der Waals surface area contributed by atoms with Gasteiger partial charge in [-0.15, -0.1) is 0 Å². The highest BCUT2D eigenvalue weighted by Gasteiger charge is 2.52. The molecule has 1 heterocycles. The summed E-state index contributed by atoms with van der Waals surface area (Å²) in [7, 11) is 2.46. The van der Waals surface area contributed by atoms with Crippen molar-refractivity contribution in [3.8, 4) is 0 Å². The monoisotopic (exact) mass is 198 g/mol. The fourth-order valence-electron chi connectivity index (χ4n) is 1.29. The first-order valence-electron chi connectivity index (χ1n) is 3.93. The van der Waals surface area contributed by atoms with Gasteiger partial charge in [0.05, 0.1) is 0 Å². The zero-order chi connectivity index (χ0) is 11.1. The molecule has 6 nitrogen and oxygen atoms in total. The van der Waals surface area contributed by atoms with E-state index in [1.54, 1.807) is 0 Å². The number of aldehydes is 1. The number of urea groups is 1. The number of imide groups is 2. The minimum atomic E-state index is -1.77. The van der Waals surface area contributed by atoms with E-state index in [-0.39, 0.29) is 6.29 Å². The second kappa shape index (κ2) is 2.90. The Morgan fingerprint density at radius 2 is 1.43 bits per heavy atom. The lowest BCUT2D eigenvalue weighted by Crippen LogP contribution is -2.62. The number of carbonyl (C=O) groups excluding carboxylic acids is 4. The maximum absolute atomic E-state index is 11.5. The summed E-state index contributed by atoms with van der Waals surface area (Å²) in [6.45, 7) is 1.20. The third-order valence-electron chi connectivity index (χ3n) is 2.31. The number of hydrogen-bond donors (Lipinski definition) is 0. The van der Waals surface area contributed by atoms with Crippen molar-refractivity contribution < 1.29 is 19.2 Å². The van der Waals surface area contributed by atoms with Crippen LogP contribution in [-0.2, 0) is 14.4 Å². The molecule has 0 aromatic carbocycles. The predicted molar refractivity (Wildman–Crippen MR) is 45.1 cm³/mol. The number of rotatable bonds is 1. The van der Waals surface area contributed by atoms with Crippen molar-refractivity contribution in [2.24, 2.45) is 5.41 Å². The Morgan fingerprint density at radius 1 is 1.07 bits per heavy atom. The van der Waals surface area contributed by atoms with Gasteiger partial charge in [-0.25, -0.2) is 4.79 Å². The van der Waals surface area contributed by atoms with E-state index < -0.39 is 23.3 Å². The van der Waals surface area contributed by atoms with Crippen LogP contribution in [0.4, 0.5) is 4.79 Å². The van der Waals surface area contributed by atoms with Crippen LogP contribution in [0.1, 0.15) is 6.92 Å². The summed E-state index contributed by atoms with van der Waals surface area (Å²) in [4.78, 5) is 46.4. The molecule has 1 rings (SSSR count). The number of barbiturate groups is 1. The van der Waals surface area contributed by atoms with Gasteiger partial charge < -0.3 is 4.79 Å². The Hall–Kier alpha value is -1.72. The van der Waals surface area contributed by atoms with Gasteiger partial charge in [-0.1, -0.05) is 0 Å². The first-order valence-corrected chi connectivity index (χ1v) is 3.93. The smallest absolute Gasteiger partial charge is 0.302 e. The minimum absolute atomic E-state index is 0.261. The van der Waals surface area contributed by atoms with Gasteiger partial charge in [0.25, 0.3) is 11.8 Å². The average Bonchev–Trinajstić information content (AvgIpc) is 2.21. The summed E-state index contributed by atoms with van der Waals surface area (Å²) in [5.41, 5.74) is -1.77. The Labute approximate surface area is 80.5 Å². The second-order valence-corrected chi connectivity index (χ2v) is 3.33. The molecule has 0 radical (unpaired) electrons. The van der Waals surface area contributed by atoms with E-state index in [1.807, 2.05) is 0 Å². The van der Waals surface area contributed by atoms with E-state index in [9.17, 15) is 19.2 Å². The summed E-state index contributed by atoms with van der Waals surface area (Å²) in [6, 6.07) is -0.723. The van der Waals surface area contributed by atoms with Crippen LogP contribution in [0.2, 0.25) is 0 Å². The van der Waals surface area contributed by atoms with Crippen molar-refractivity contribution in [3.05, 3.63) is 0 Å². The van der Waals surface area contributed by atoms with E-state index in [0.29, 0.717) is 0 Å². The van der Waals surface area contributed by atoms with Crippen LogP contribution in [0.5, 0.6) is 0 Å². The summed E-state index contributed by atoms with van der Waals surface area (Å²) in [6.07, 6.45) is 0.261. The van der Waals surface area contributed by atoms with Crippen molar-refractivity contribution >= 4 is 24.1 Å². The number of nitrogens with zero attached hydrogens (tertiary/aromatic N) is 2. The van der Waals surface area contributed by atoms with Gasteiger partial charge in [0.15, 0.2) is 5.41 Å². The first-order chi connectivity index (χ1) is 6.36. The average molecular weight is 198 g/mol. The van der Waals surface area contributed by atoms with Gasteiger partial charge in [0.1, 0.15) is 6.29 Å². The molecule has 0 atom stereocenters. The van der Waals surface area contributed by atoms with Crippen molar-refractivity contribution in [1.82, 2.24) is 9.80 Å². The lowest BCUT2D eigenvalue weighted by atomic mass is 9.87. The fourth-order valence-corrected chi connectivity index (χ4v) is 1.29. The molecular formula is C8H10N2O4. The van der Waals surface area contributed by atoms with Crippen molar-refractivity contribution in [2.45, 2.75) is 6.92 Å². The molecule has 76 valence electrons. The number of carbonyl (C=O) groups is 4. The highest BCUT2D eigenvalue weighted by Crippen LogP contribution is 2.25. The zero-order valence-electron chi connectivity index (χ0n) is 8.10. The van der Waals surface area contributed by atoms with Crippen LogP contribution in [0.25, 0.3) is 0 Å². The zero-order valence-corrected chi connectivity index (χ0v) is 8.10. The Balaban J connectivity index is 3.24. The maximum atomic E-state index is 11.5. The topological polar surface area (TPSA) is 74.8 Å². The Bertz CT molecular complexity index is 312. The van der Waals surface area contributed by atoms with Crippen molar-refractivity contribution in [3.63, 3.8) is 0 Å². The quantitative estimate of drug-likeness (QED) is 0.410. The molecule has 0 aromatic heterocycles. The number of hydrogen-bond acceptors (Lipinski definition) is 4. The molecule has 4 amide bonds. The van der Waals surface area contributed by atoms with Crippen LogP contribution in [0, 0.1) is 5.41 Å². The van der Waals surface area contributed by atoms with E-state index in [1.165, 1.54) is 21.0 Å². The summed E-state index contributed by atoms with van der Waals surface area (Å²) in [5, 5.41) is 0. The highest BCUT2D eigenvalue weighted by atomic mass is 16.2. The molecule has 6 heteroatoms. The van der Waals surface area contributed by atoms with Crippen LogP contribution >= 0.6 is 0 Å². The Morgan fingerprint density at radius 3 is 1.71 bits per heavy atom. The fraction of sp³-hybridized carbons (Fsp3) is 0.500. The van der Waals surface area contributed by atoms with E-state index in [4.69, 9.17) is 0 Å². The van der Waals surface area contributed by atoms with E-state index in [0.717, 1.165) is 9.80 Å². The molecule has 1 saturated heterocycles. The lowest BCUT2D eigenvalue weighted by molar-refractivity contribution is -0.157. The molecular weight excluding hydrogens is 188 g/mol. The van der Waals surface area contributed by atoms with Crippen LogP contribution in [-0.4, -0.2) is 48.0 Å². The molecule has 0 bridgehead atoms. The third kappa shape index (κ3) is 1.03. The summed E-state index contributed by atoms with van der Waals surface area (Å²) < 4.78 is 0. The van der Waals surface area contributed by atoms with E-state index in [2.05, 4.69) is 0 Å². The number of amides is 4. The molecule has 0 aromatic rings. The van der Waals surface area contributed by atoms with E-state index >= 15 is 0 Å². The molecule has 0 unspecified atom stereocenters. The molecule has 0 saturated carbocycles. The van der Waals surface area contributed by atoms with Gasteiger partial charge in [-0.05, 0) is 6.92 Å². The van der Waals surface area contributed by atoms with Gasteiger partial charge in [0.2, 0.25) is 0 Å². The second-order valence-electron chi connectivity index (χ2n) is 3.33.